The minimum atomic E-state index is -0.762. The third kappa shape index (κ3) is 3.56. The molecule has 2 rings (SSSR count). The van der Waals surface area contributed by atoms with Crippen LogP contribution in [0.3, 0.4) is 0 Å². The summed E-state index contributed by atoms with van der Waals surface area (Å²) >= 11 is 7.05. The van der Waals surface area contributed by atoms with Crippen molar-refractivity contribution in [1.82, 2.24) is 5.32 Å². The van der Waals surface area contributed by atoms with Crippen LogP contribution in [0.25, 0.3) is 0 Å². The van der Waals surface area contributed by atoms with Gasteiger partial charge in [-0.3, -0.25) is 14.9 Å². The summed E-state index contributed by atoms with van der Waals surface area (Å²) in [4.78, 5) is 22.9. The highest BCUT2D eigenvalue weighted by molar-refractivity contribution is 7.16. The molecule has 2 aromatic rings. The zero-order chi connectivity index (χ0) is 15.6. The maximum absolute atomic E-state index is 13.9. The number of nitro benzene ring substituents is 1. The van der Waals surface area contributed by atoms with E-state index >= 15 is 0 Å². The highest BCUT2D eigenvalue weighted by atomic mass is 35.5. The molecule has 110 valence electrons. The second-order valence-electron chi connectivity index (χ2n) is 4.27. The molecule has 1 amide bonds. The van der Waals surface area contributed by atoms with Gasteiger partial charge in [0.15, 0.2) is 0 Å². The van der Waals surface area contributed by atoms with E-state index in [9.17, 15) is 19.3 Å². The summed E-state index contributed by atoms with van der Waals surface area (Å²) in [5, 5.41) is 13.3. The first-order valence-corrected chi connectivity index (χ1v) is 7.05. The molecule has 0 fully saturated rings. The molecule has 0 bridgehead atoms. The van der Waals surface area contributed by atoms with Gasteiger partial charge in [-0.15, -0.1) is 11.3 Å². The van der Waals surface area contributed by atoms with Gasteiger partial charge in [-0.1, -0.05) is 11.6 Å². The Bertz CT molecular complexity index is 717. The lowest BCUT2D eigenvalue weighted by Crippen LogP contribution is -2.23. The fraction of sp³-hybridized carbons (Fsp3) is 0.154. The molecule has 0 aliphatic carbocycles. The standard InChI is InChI=1S/C13H10ClFN2O3S/c1-7-4-8(17(19)20)5-10(12(7)15)13(18)16-6-9-2-3-11(14)21-9/h2-5H,6H2,1H3,(H,16,18). The summed E-state index contributed by atoms with van der Waals surface area (Å²) in [6, 6.07) is 5.44. The largest absolute Gasteiger partial charge is 0.347 e. The van der Waals surface area contributed by atoms with Gasteiger partial charge in [-0.2, -0.15) is 0 Å². The summed E-state index contributed by atoms with van der Waals surface area (Å²) in [5.41, 5.74) is -0.615. The van der Waals surface area contributed by atoms with Crippen molar-refractivity contribution in [2.45, 2.75) is 13.5 Å². The van der Waals surface area contributed by atoms with Crippen molar-refractivity contribution in [3.05, 3.63) is 60.5 Å². The highest BCUT2D eigenvalue weighted by Gasteiger charge is 2.19. The number of halogens is 2. The molecule has 0 saturated carbocycles. The Morgan fingerprint density at radius 2 is 2.19 bits per heavy atom. The summed E-state index contributed by atoms with van der Waals surface area (Å²) in [7, 11) is 0. The van der Waals surface area contributed by atoms with Crippen LogP contribution in [0.2, 0.25) is 4.34 Å². The molecule has 0 radical (unpaired) electrons. The van der Waals surface area contributed by atoms with Crippen LogP contribution in [-0.2, 0) is 6.54 Å². The molecule has 1 aromatic heterocycles. The van der Waals surface area contributed by atoms with Gasteiger partial charge in [-0.25, -0.2) is 4.39 Å². The minimum Gasteiger partial charge on any atom is -0.347 e. The second kappa shape index (κ2) is 6.19. The lowest BCUT2D eigenvalue weighted by Gasteiger charge is -2.07. The smallest absolute Gasteiger partial charge is 0.270 e. The Kier molecular flexibility index (Phi) is 4.54. The van der Waals surface area contributed by atoms with Crippen LogP contribution in [-0.4, -0.2) is 10.8 Å². The van der Waals surface area contributed by atoms with Crippen LogP contribution < -0.4 is 5.32 Å². The van der Waals surface area contributed by atoms with Gasteiger partial charge in [0, 0.05) is 17.0 Å². The first-order valence-electron chi connectivity index (χ1n) is 5.85. The monoisotopic (exact) mass is 328 g/mol. The van der Waals surface area contributed by atoms with Gasteiger partial charge >= 0.3 is 0 Å². The molecule has 0 aliphatic rings. The lowest BCUT2D eigenvalue weighted by molar-refractivity contribution is -0.385. The van der Waals surface area contributed by atoms with E-state index in [-0.39, 0.29) is 23.4 Å². The van der Waals surface area contributed by atoms with E-state index in [0.29, 0.717) is 4.34 Å². The van der Waals surface area contributed by atoms with Crippen LogP contribution in [0, 0.1) is 22.9 Å². The molecule has 21 heavy (non-hydrogen) atoms. The lowest BCUT2D eigenvalue weighted by atomic mass is 10.1. The number of carbonyl (C=O) groups is 1. The number of nitrogens with one attached hydrogen (secondary N) is 1. The Morgan fingerprint density at radius 1 is 1.48 bits per heavy atom. The summed E-state index contributed by atoms with van der Waals surface area (Å²) in [5.74, 6) is -1.47. The molecule has 5 nitrogen and oxygen atoms in total. The number of nitrogens with zero attached hydrogens (tertiary/aromatic N) is 1. The maximum Gasteiger partial charge on any atom is 0.270 e. The predicted octanol–water partition coefficient (Wildman–Crippen LogP) is 3.69. The molecule has 1 aromatic carbocycles. The number of hydrogen-bond donors (Lipinski definition) is 1. The van der Waals surface area contributed by atoms with Gasteiger partial charge in [0.05, 0.1) is 21.4 Å². The molecular weight excluding hydrogens is 319 g/mol. The van der Waals surface area contributed by atoms with Crippen molar-refractivity contribution in [2.24, 2.45) is 0 Å². The minimum absolute atomic E-state index is 0.0496. The topological polar surface area (TPSA) is 72.2 Å². The fourth-order valence-electron chi connectivity index (χ4n) is 1.73. The van der Waals surface area contributed by atoms with E-state index in [1.165, 1.54) is 18.3 Å². The molecule has 1 N–H and O–H groups in total. The average Bonchev–Trinajstić information content (AvgIpc) is 2.84. The van der Waals surface area contributed by atoms with E-state index in [1.54, 1.807) is 12.1 Å². The van der Waals surface area contributed by atoms with Gasteiger partial charge in [0.2, 0.25) is 0 Å². The predicted molar refractivity (Wildman–Crippen MR) is 78.3 cm³/mol. The third-order valence-electron chi connectivity index (χ3n) is 2.75. The molecule has 0 unspecified atom stereocenters. The van der Waals surface area contributed by atoms with Crippen molar-refractivity contribution in [1.29, 1.82) is 0 Å². The van der Waals surface area contributed by atoms with Crippen LogP contribution >= 0.6 is 22.9 Å². The quantitative estimate of drug-likeness (QED) is 0.687. The Morgan fingerprint density at radius 3 is 2.76 bits per heavy atom. The number of hydrogen-bond acceptors (Lipinski definition) is 4. The van der Waals surface area contributed by atoms with E-state index in [1.807, 2.05) is 0 Å². The van der Waals surface area contributed by atoms with Crippen LogP contribution in [0.15, 0.2) is 24.3 Å². The molecule has 1 heterocycles. The van der Waals surface area contributed by atoms with E-state index in [4.69, 9.17) is 11.6 Å². The van der Waals surface area contributed by atoms with Gasteiger partial charge in [0.25, 0.3) is 11.6 Å². The normalized spacial score (nSPS) is 10.4. The van der Waals surface area contributed by atoms with Crippen molar-refractivity contribution < 1.29 is 14.1 Å². The molecule has 0 atom stereocenters. The summed E-state index contributed by atoms with van der Waals surface area (Å²) in [6.07, 6.45) is 0. The SMILES string of the molecule is Cc1cc([N+](=O)[O-])cc(C(=O)NCc2ccc(Cl)s2)c1F. The zero-order valence-electron chi connectivity index (χ0n) is 10.9. The summed E-state index contributed by atoms with van der Waals surface area (Å²) in [6.45, 7) is 1.55. The van der Waals surface area contributed by atoms with Crippen molar-refractivity contribution >= 4 is 34.5 Å². The second-order valence-corrected chi connectivity index (χ2v) is 6.07. The van der Waals surface area contributed by atoms with Gasteiger partial charge in [-0.05, 0) is 24.6 Å². The molecule has 8 heteroatoms. The van der Waals surface area contributed by atoms with Gasteiger partial charge in [0.1, 0.15) is 5.82 Å². The summed E-state index contributed by atoms with van der Waals surface area (Å²) < 4.78 is 14.5. The number of nitro groups is 1. The van der Waals surface area contributed by atoms with Crippen LogP contribution in [0.5, 0.6) is 0 Å². The number of rotatable bonds is 4. The fourth-order valence-corrected chi connectivity index (χ4v) is 2.76. The molecule has 0 aliphatic heterocycles. The number of thiophene rings is 1. The number of aryl methyl sites for hydroxylation is 1. The Balaban J connectivity index is 2.20. The maximum atomic E-state index is 13.9. The Hall–Kier alpha value is -1.99. The zero-order valence-corrected chi connectivity index (χ0v) is 12.4. The van der Waals surface area contributed by atoms with Crippen molar-refractivity contribution in [3.8, 4) is 0 Å². The third-order valence-corrected chi connectivity index (χ3v) is 3.98. The van der Waals surface area contributed by atoms with E-state index in [0.717, 1.165) is 17.0 Å². The molecule has 0 saturated heterocycles. The highest BCUT2D eigenvalue weighted by Crippen LogP contribution is 2.23. The van der Waals surface area contributed by atoms with Crippen LogP contribution in [0.4, 0.5) is 10.1 Å². The van der Waals surface area contributed by atoms with Crippen LogP contribution in [0.1, 0.15) is 20.8 Å². The number of carbonyl (C=O) groups excluding carboxylic acids is 1. The average molecular weight is 329 g/mol. The number of benzene rings is 1. The van der Waals surface area contributed by atoms with E-state index in [2.05, 4.69) is 5.32 Å². The van der Waals surface area contributed by atoms with Crippen molar-refractivity contribution in [3.63, 3.8) is 0 Å². The Labute approximate surface area is 128 Å². The number of non-ortho nitro benzene ring substituents is 1. The number of amides is 1. The van der Waals surface area contributed by atoms with Crippen molar-refractivity contribution in [2.75, 3.05) is 0 Å². The van der Waals surface area contributed by atoms with E-state index < -0.39 is 16.6 Å². The molecule has 0 spiro atoms. The first kappa shape index (κ1) is 15.4. The first-order chi connectivity index (χ1) is 9.88. The van der Waals surface area contributed by atoms with Gasteiger partial charge < -0.3 is 5.32 Å². The molecular formula is C13H10ClFN2O3S.